The Bertz CT molecular complexity index is 637. The Morgan fingerprint density at radius 2 is 2.00 bits per heavy atom. The first-order valence-electron chi connectivity index (χ1n) is 4.92. The molecule has 0 fully saturated rings. The number of hydrogen-bond donors (Lipinski definition) is 3. The number of hydrogen-bond acceptors (Lipinski definition) is 4. The van der Waals surface area contributed by atoms with Crippen molar-refractivity contribution in [3.05, 3.63) is 52.3 Å². The molecule has 0 atom stereocenters. The number of nitrogens with one attached hydrogen (secondary N) is 2. The SMILES string of the molecule is O=C(Nc1ccc(F)cc1)c1nc(O)cc(=O)[nH]1. The largest absolute Gasteiger partial charge is 0.493 e. The number of amides is 1. The highest BCUT2D eigenvalue weighted by atomic mass is 19.1. The molecule has 18 heavy (non-hydrogen) atoms. The first-order valence-corrected chi connectivity index (χ1v) is 4.92. The van der Waals surface area contributed by atoms with Gasteiger partial charge in [-0.15, -0.1) is 0 Å². The molecular weight excluding hydrogens is 241 g/mol. The summed E-state index contributed by atoms with van der Waals surface area (Å²) in [6.45, 7) is 0. The van der Waals surface area contributed by atoms with Gasteiger partial charge in [0.15, 0.2) is 0 Å². The third-order valence-electron chi connectivity index (χ3n) is 2.05. The van der Waals surface area contributed by atoms with Crippen LogP contribution in [-0.2, 0) is 0 Å². The van der Waals surface area contributed by atoms with E-state index in [-0.39, 0.29) is 5.82 Å². The second-order valence-corrected chi connectivity index (χ2v) is 3.41. The summed E-state index contributed by atoms with van der Waals surface area (Å²) in [6.07, 6.45) is 0. The minimum Gasteiger partial charge on any atom is -0.493 e. The number of halogens is 1. The zero-order valence-corrected chi connectivity index (χ0v) is 8.98. The number of anilines is 1. The quantitative estimate of drug-likeness (QED) is 0.735. The van der Waals surface area contributed by atoms with Crippen molar-refractivity contribution in [2.45, 2.75) is 0 Å². The minimum atomic E-state index is -0.713. The molecule has 0 radical (unpaired) electrons. The molecule has 2 aromatic rings. The lowest BCUT2D eigenvalue weighted by Crippen LogP contribution is -2.20. The van der Waals surface area contributed by atoms with Gasteiger partial charge in [0.2, 0.25) is 11.7 Å². The van der Waals surface area contributed by atoms with E-state index in [0.717, 1.165) is 6.07 Å². The van der Waals surface area contributed by atoms with Crippen molar-refractivity contribution < 1.29 is 14.3 Å². The third-order valence-corrected chi connectivity index (χ3v) is 2.05. The van der Waals surface area contributed by atoms with E-state index < -0.39 is 23.2 Å². The number of benzene rings is 1. The molecule has 0 aliphatic rings. The molecule has 0 unspecified atom stereocenters. The van der Waals surface area contributed by atoms with Crippen molar-refractivity contribution >= 4 is 11.6 Å². The summed E-state index contributed by atoms with van der Waals surface area (Å²) in [5, 5.41) is 11.5. The second-order valence-electron chi connectivity index (χ2n) is 3.41. The molecule has 6 nitrogen and oxygen atoms in total. The van der Waals surface area contributed by atoms with Gasteiger partial charge in [0, 0.05) is 5.69 Å². The Kier molecular flexibility index (Phi) is 3.05. The molecule has 1 aromatic carbocycles. The average Bonchev–Trinajstić information content (AvgIpc) is 2.31. The Morgan fingerprint density at radius 1 is 1.33 bits per heavy atom. The molecular formula is C11H8FN3O3. The van der Waals surface area contributed by atoms with Gasteiger partial charge >= 0.3 is 0 Å². The predicted molar refractivity (Wildman–Crippen MR) is 60.9 cm³/mol. The lowest BCUT2D eigenvalue weighted by atomic mass is 10.3. The second kappa shape index (κ2) is 4.66. The summed E-state index contributed by atoms with van der Waals surface area (Å²) in [5.74, 6) is -2.03. The van der Waals surface area contributed by atoms with Crippen LogP contribution in [0.5, 0.6) is 5.88 Å². The van der Waals surface area contributed by atoms with Gasteiger partial charge in [-0.25, -0.2) is 4.39 Å². The van der Waals surface area contributed by atoms with Crippen molar-refractivity contribution in [3.63, 3.8) is 0 Å². The topological polar surface area (TPSA) is 95.1 Å². The van der Waals surface area contributed by atoms with Crippen LogP contribution < -0.4 is 10.9 Å². The van der Waals surface area contributed by atoms with Crippen LogP contribution in [0.1, 0.15) is 10.6 Å². The summed E-state index contributed by atoms with van der Waals surface area (Å²) in [6, 6.07) is 5.90. The summed E-state index contributed by atoms with van der Waals surface area (Å²) in [4.78, 5) is 28.3. The molecule has 1 aromatic heterocycles. The van der Waals surface area contributed by atoms with E-state index in [2.05, 4.69) is 15.3 Å². The number of aromatic hydroxyl groups is 1. The maximum Gasteiger partial charge on any atom is 0.291 e. The van der Waals surface area contributed by atoms with Crippen LogP contribution in [0.25, 0.3) is 0 Å². The van der Waals surface area contributed by atoms with Gasteiger partial charge < -0.3 is 15.4 Å². The summed E-state index contributed by atoms with van der Waals surface area (Å²) < 4.78 is 12.6. The number of H-pyrrole nitrogens is 1. The number of aromatic nitrogens is 2. The van der Waals surface area contributed by atoms with Gasteiger partial charge in [-0.05, 0) is 24.3 Å². The highest BCUT2D eigenvalue weighted by Crippen LogP contribution is 2.09. The van der Waals surface area contributed by atoms with E-state index in [1.165, 1.54) is 24.3 Å². The van der Waals surface area contributed by atoms with E-state index in [4.69, 9.17) is 5.11 Å². The fourth-order valence-corrected chi connectivity index (χ4v) is 1.28. The van der Waals surface area contributed by atoms with Crippen LogP contribution >= 0.6 is 0 Å². The van der Waals surface area contributed by atoms with Gasteiger partial charge in [-0.3, -0.25) is 9.59 Å². The first-order chi connectivity index (χ1) is 8.54. The van der Waals surface area contributed by atoms with Crippen molar-refractivity contribution in [2.75, 3.05) is 5.32 Å². The van der Waals surface area contributed by atoms with Gasteiger partial charge in [-0.2, -0.15) is 4.98 Å². The van der Waals surface area contributed by atoms with E-state index in [1.54, 1.807) is 0 Å². The molecule has 0 bridgehead atoms. The zero-order valence-electron chi connectivity index (χ0n) is 8.98. The van der Waals surface area contributed by atoms with Crippen LogP contribution in [0.15, 0.2) is 35.1 Å². The van der Waals surface area contributed by atoms with Crippen molar-refractivity contribution in [2.24, 2.45) is 0 Å². The molecule has 0 saturated carbocycles. The number of rotatable bonds is 2. The van der Waals surface area contributed by atoms with E-state index in [1.807, 2.05) is 0 Å². The first kappa shape index (κ1) is 11.8. The number of carbonyl (C=O) groups is 1. The van der Waals surface area contributed by atoms with E-state index >= 15 is 0 Å². The van der Waals surface area contributed by atoms with Crippen LogP contribution in [0, 0.1) is 5.82 Å². The molecule has 3 N–H and O–H groups in total. The van der Waals surface area contributed by atoms with Gasteiger partial charge in [0.05, 0.1) is 6.07 Å². The number of aromatic amines is 1. The lowest BCUT2D eigenvalue weighted by Gasteiger charge is -2.04. The number of carbonyl (C=O) groups excluding carboxylic acids is 1. The third kappa shape index (κ3) is 2.70. The smallest absolute Gasteiger partial charge is 0.291 e. The van der Waals surface area contributed by atoms with E-state index in [9.17, 15) is 14.0 Å². The van der Waals surface area contributed by atoms with Gasteiger partial charge in [0.1, 0.15) is 5.82 Å². The molecule has 1 heterocycles. The normalized spacial score (nSPS) is 10.1. The Morgan fingerprint density at radius 3 is 2.61 bits per heavy atom. The Labute approximate surface area is 100 Å². The Hall–Kier alpha value is -2.70. The lowest BCUT2D eigenvalue weighted by molar-refractivity contribution is 0.101. The maximum absolute atomic E-state index is 12.6. The highest BCUT2D eigenvalue weighted by Gasteiger charge is 2.10. The zero-order chi connectivity index (χ0) is 13.1. The Balaban J connectivity index is 2.21. The fraction of sp³-hybridized carbons (Fsp3) is 0. The average molecular weight is 249 g/mol. The van der Waals surface area contributed by atoms with Gasteiger partial charge in [-0.1, -0.05) is 0 Å². The summed E-state index contributed by atoms with van der Waals surface area (Å²) >= 11 is 0. The van der Waals surface area contributed by atoms with Crippen LogP contribution in [0.2, 0.25) is 0 Å². The van der Waals surface area contributed by atoms with Crippen molar-refractivity contribution in [3.8, 4) is 5.88 Å². The summed E-state index contributed by atoms with van der Waals surface area (Å²) in [5.41, 5.74) is -0.306. The van der Waals surface area contributed by atoms with Crippen molar-refractivity contribution in [1.82, 2.24) is 9.97 Å². The molecule has 0 spiro atoms. The van der Waals surface area contributed by atoms with Gasteiger partial charge in [0.25, 0.3) is 11.5 Å². The molecule has 7 heteroatoms. The highest BCUT2D eigenvalue weighted by molar-refractivity contribution is 6.01. The summed E-state index contributed by atoms with van der Waals surface area (Å²) in [7, 11) is 0. The minimum absolute atomic E-state index is 0.329. The molecule has 0 aliphatic carbocycles. The predicted octanol–water partition coefficient (Wildman–Crippen LogP) is 0.867. The van der Waals surface area contributed by atoms with E-state index in [0.29, 0.717) is 5.69 Å². The van der Waals surface area contributed by atoms with Crippen molar-refractivity contribution in [1.29, 1.82) is 0 Å². The maximum atomic E-state index is 12.6. The molecule has 0 saturated heterocycles. The molecule has 1 amide bonds. The van der Waals surface area contributed by atoms with Crippen LogP contribution in [0.4, 0.5) is 10.1 Å². The monoisotopic (exact) mass is 249 g/mol. The van der Waals surface area contributed by atoms with Crippen LogP contribution in [0.3, 0.4) is 0 Å². The molecule has 2 rings (SSSR count). The fourth-order valence-electron chi connectivity index (χ4n) is 1.28. The number of nitrogens with zero attached hydrogens (tertiary/aromatic N) is 1. The molecule has 0 aliphatic heterocycles. The standard InChI is InChI=1S/C11H8FN3O3/c12-6-1-3-7(4-2-6)13-11(18)10-14-8(16)5-9(17)15-10/h1-5H,(H,13,18)(H2,14,15,16,17). The van der Waals surface area contributed by atoms with Crippen LogP contribution in [-0.4, -0.2) is 21.0 Å². The molecule has 92 valence electrons.